The number of thiophene rings is 1. The second-order valence-corrected chi connectivity index (χ2v) is 5.11. The lowest BCUT2D eigenvalue weighted by atomic mass is 10.2. The minimum absolute atomic E-state index is 0.275. The number of hydrogen-bond donors (Lipinski definition) is 1. The molecule has 19 heavy (non-hydrogen) atoms. The van der Waals surface area contributed by atoms with Crippen LogP contribution in [0.3, 0.4) is 0 Å². The van der Waals surface area contributed by atoms with Crippen molar-refractivity contribution >= 4 is 17.3 Å². The summed E-state index contributed by atoms with van der Waals surface area (Å²) < 4.78 is 6.94. The molecule has 6 heteroatoms. The molecular formula is C13H17N3O2S. The van der Waals surface area contributed by atoms with Gasteiger partial charge in [0.1, 0.15) is 6.04 Å². The molecule has 0 saturated heterocycles. The van der Waals surface area contributed by atoms with E-state index in [2.05, 4.69) is 10.3 Å². The van der Waals surface area contributed by atoms with Crippen molar-refractivity contribution in [2.24, 2.45) is 7.05 Å². The molecule has 1 N–H and O–H groups in total. The first-order chi connectivity index (χ1) is 9.22. The van der Waals surface area contributed by atoms with Gasteiger partial charge in [0.15, 0.2) is 0 Å². The Bertz CT molecular complexity index is 522. The van der Waals surface area contributed by atoms with E-state index in [1.807, 2.05) is 29.1 Å². The molecule has 2 aromatic heterocycles. The van der Waals surface area contributed by atoms with Crippen LogP contribution in [0.1, 0.15) is 23.5 Å². The lowest BCUT2D eigenvalue weighted by Gasteiger charge is -2.17. The van der Waals surface area contributed by atoms with Crippen molar-refractivity contribution in [3.63, 3.8) is 0 Å². The average Bonchev–Trinajstić information content (AvgIpc) is 3.02. The SMILES string of the molecule is CCOC(=O)C(NCc1cccs1)c1cncn1C. The van der Waals surface area contributed by atoms with Gasteiger partial charge >= 0.3 is 5.97 Å². The van der Waals surface area contributed by atoms with Gasteiger partial charge in [-0.2, -0.15) is 0 Å². The van der Waals surface area contributed by atoms with Gasteiger partial charge in [0.05, 0.1) is 24.8 Å². The lowest BCUT2D eigenvalue weighted by Crippen LogP contribution is -2.31. The number of aromatic nitrogens is 2. The third-order valence-electron chi connectivity index (χ3n) is 2.73. The highest BCUT2D eigenvalue weighted by molar-refractivity contribution is 7.09. The van der Waals surface area contributed by atoms with E-state index in [1.165, 1.54) is 4.88 Å². The number of nitrogens with zero attached hydrogens (tertiary/aromatic N) is 2. The summed E-state index contributed by atoms with van der Waals surface area (Å²) in [6, 6.07) is 3.53. The molecule has 0 saturated carbocycles. The Morgan fingerprint density at radius 2 is 2.47 bits per heavy atom. The molecule has 0 spiro atoms. The summed E-state index contributed by atoms with van der Waals surface area (Å²) in [6.07, 6.45) is 3.36. The maximum Gasteiger partial charge on any atom is 0.329 e. The number of aryl methyl sites for hydroxylation is 1. The van der Waals surface area contributed by atoms with Gasteiger partial charge < -0.3 is 9.30 Å². The highest BCUT2D eigenvalue weighted by Crippen LogP contribution is 2.16. The topological polar surface area (TPSA) is 56.1 Å². The number of imidazole rings is 1. The number of rotatable bonds is 6. The van der Waals surface area contributed by atoms with Crippen molar-refractivity contribution in [2.75, 3.05) is 6.61 Å². The first kappa shape index (κ1) is 13.8. The summed E-state index contributed by atoms with van der Waals surface area (Å²) >= 11 is 1.65. The number of esters is 1. The zero-order chi connectivity index (χ0) is 13.7. The molecule has 0 bridgehead atoms. The van der Waals surface area contributed by atoms with Crippen molar-refractivity contribution in [1.29, 1.82) is 0 Å². The number of hydrogen-bond acceptors (Lipinski definition) is 5. The predicted molar refractivity (Wildman–Crippen MR) is 73.7 cm³/mol. The first-order valence-corrected chi connectivity index (χ1v) is 6.99. The van der Waals surface area contributed by atoms with Crippen LogP contribution < -0.4 is 5.32 Å². The third-order valence-corrected chi connectivity index (χ3v) is 3.61. The number of ether oxygens (including phenoxy) is 1. The molecule has 0 aliphatic rings. The van der Waals surface area contributed by atoms with E-state index < -0.39 is 6.04 Å². The van der Waals surface area contributed by atoms with Gasteiger partial charge in [-0.25, -0.2) is 9.78 Å². The standard InChI is InChI=1S/C13H17N3O2S/c1-3-18-13(17)12(11-8-14-9-16(11)2)15-7-10-5-4-6-19-10/h4-6,8-9,12,15H,3,7H2,1-2H3. The molecule has 2 heterocycles. The summed E-state index contributed by atoms with van der Waals surface area (Å²) in [5.41, 5.74) is 0.801. The smallest absolute Gasteiger partial charge is 0.329 e. The van der Waals surface area contributed by atoms with Crippen LogP contribution in [0.25, 0.3) is 0 Å². The Kier molecular flexibility index (Phi) is 4.70. The summed E-state index contributed by atoms with van der Waals surface area (Å²) in [5.74, 6) is -0.275. The fourth-order valence-electron chi connectivity index (χ4n) is 1.80. The minimum Gasteiger partial charge on any atom is -0.465 e. The molecule has 5 nitrogen and oxygen atoms in total. The first-order valence-electron chi connectivity index (χ1n) is 6.11. The van der Waals surface area contributed by atoms with Gasteiger partial charge in [-0.3, -0.25) is 5.32 Å². The van der Waals surface area contributed by atoms with Crippen molar-refractivity contribution < 1.29 is 9.53 Å². The van der Waals surface area contributed by atoms with E-state index in [1.54, 1.807) is 30.8 Å². The fourth-order valence-corrected chi connectivity index (χ4v) is 2.45. The lowest BCUT2D eigenvalue weighted by molar-refractivity contribution is -0.146. The van der Waals surface area contributed by atoms with Gasteiger partial charge in [0.2, 0.25) is 0 Å². The summed E-state index contributed by atoms with van der Waals surface area (Å²) in [4.78, 5) is 17.3. The van der Waals surface area contributed by atoms with E-state index in [4.69, 9.17) is 4.74 Å². The summed E-state index contributed by atoms with van der Waals surface area (Å²) in [5, 5.41) is 5.24. The van der Waals surface area contributed by atoms with Crippen molar-refractivity contribution in [3.8, 4) is 0 Å². The monoisotopic (exact) mass is 279 g/mol. The zero-order valence-electron chi connectivity index (χ0n) is 11.0. The van der Waals surface area contributed by atoms with Gasteiger partial charge in [-0.05, 0) is 18.4 Å². The van der Waals surface area contributed by atoms with Gasteiger partial charge in [-0.15, -0.1) is 11.3 Å². The van der Waals surface area contributed by atoms with Crippen LogP contribution in [-0.4, -0.2) is 22.1 Å². The number of carbonyl (C=O) groups excluding carboxylic acids is 1. The maximum absolute atomic E-state index is 12.0. The molecular weight excluding hydrogens is 262 g/mol. The second-order valence-electron chi connectivity index (χ2n) is 4.07. The Morgan fingerprint density at radius 1 is 1.63 bits per heavy atom. The van der Waals surface area contributed by atoms with Crippen LogP contribution in [0.5, 0.6) is 0 Å². The minimum atomic E-state index is -0.491. The van der Waals surface area contributed by atoms with Crippen LogP contribution in [0.4, 0.5) is 0 Å². The quantitative estimate of drug-likeness (QED) is 0.820. The Hall–Kier alpha value is -1.66. The molecule has 0 radical (unpaired) electrons. The van der Waals surface area contributed by atoms with Crippen molar-refractivity contribution in [3.05, 3.63) is 40.6 Å². The molecule has 2 rings (SSSR count). The van der Waals surface area contributed by atoms with Gasteiger partial charge in [0.25, 0.3) is 0 Å². The van der Waals surface area contributed by atoms with Crippen molar-refractivity contribution in [2.45, 2.75) is 19.5 Å². The molecule has 102 valence electrons. The van der Waals surface area contributed by atoms with E-state index >= 15 is 0 Å². The summed E-state index contributed by atoms with van der Waals surface area (Å²) in [6.45, 7) is 2.80. The molecule has 0 aromatic carbocycles. The highest BCUT2D eigenvalue weighted by Gasteiger charge is 2.24. The number of nitrogens with one attached hydrogen (secondary N) is 1. The molecule has 0 aliphatic heterocycles. The van der Waals surface area contributed by atoms with Gasteiger partial charge in [0, 0.05) is 18.5 Å². The third kappa shape index (κ3) is 3.42. The van der Waals surface area contributed by atoms with Crippen molar-refractivity contribution in [1.82, 2.24) is 14.9 Å². The number of carbonyl (C=O) groups is 1. The largest absolute Gasteiger partial charge is 0.465 e. The summed E-state index contributed by atoms with van der Waals surface area (Å²) in [7, 11) is 1.86. The van der Waals surface area contributed by atoms with Crippen LogP contribution in [-0.2, 0) is 23.1 Å². The van der Waals surface area contributed by atoms with Gasteiger partial charge in [-0.1, -0.05) is 6.07 Å². The van der Waals surface area contributed by atoms with E-state index in [0.29, 0.717) is 13.2 Å². The fraction of sp³-hybridized carbons (Fsp3) is 0.385. The molecule has 0 fully saturated rings. The Labute approximate surface area is 116 Å². The van der Waals surface area contributed by atoms with E-state index in [0.717, 1.165) is 5.69 Å². The molecule has 2 aromatic rings. The van der Waals surface area contributed by atoms with Crippen LogP contribution >= 0.6 is 11.3 Å². The predicted octanol–water partition coefficient (Wildman–Crippen LogP) is 1.88. The molecule has 0 aliphatic carbocycles. The van der Waals surface area contributed by atoms with E-state index in [-0.39, 0.29) is 5.97 Å². The molecule has 1 atom stereocenters. The normalized spacial score (nSPS) is 12.3. The zero-order valence-corrected chi connectivity index (χ0v) is 11.8. The van der Waals surface area contributed by atoms with Crippen LogP contribution in [0.15, 0.2) is 30.0 Å². The molecule has 0 amide bonds. The highest BCUT2D eigenvalue weighted by atomic mass is 32.1. The Balaban J connectivity index is 2.10. The van der Waals surface area contributed by atoms with Crippen LogP contribution in [0, 0.1) is 0 Å². The molecule has 1 unspecified atom stereocenters. The average molecular weight is 279 g/mol. The second kappa shape index (κ2) is 6.49. The van der Waals surface area contributed by atoms with E-state index in [9.17, 15) is 4.79 Å². The van der Waals surface area contributed by atoms with Crippen LogP contribution in [0.2, 0.25) is 0 Å². The maximum atomic E-state index is 12.0. The Morgan fingerprint density at radius 3 is 3.05 bits per heavy atom.